The van der Waals surface area contributed by atoms with E-state index in [2.05, 4.69) is 44.4 Å². The summed E-state index contributed by atoms with van der Waals surface area (Å²) in [4.78, 5) is 4.70. The molecule has 0 amide bonds. The van der Waals surface area contributed by atoms with Gasteiger partial charge in [0.25, 0.3) is 0 Å². The third-order valence-electron chi connectivity index (χ3n) is 5.04. The number of nitrogens with zero attached hydrogens (tertiary/aromatic N) is 2. The maximum absolute atomic E-state index is 10.6. The monoisotopic (exact) mass is 322 g/mol. The quantitative estimate of drug-likeness (QED) is 0.768. The maximum atomic E-state index is 10.6. The van der Waals surface area contributed by atoms with E-state index in [-0.39, 0.29) is 0 Å². The summed E-state index contributed by atoms with van der Waals surface area (Å²) in [5, 5.41) is 10.6. The van der Waals surface area contributed by atoms with Crippen molar-refractivity contribution in [1.82, 2.24) is 9.55 Å². The molecule has 3 nitrogen and oxygen atoms in total. The Morgan fingerprint density at radius 1 is 1.00 bits per heavy atom. The number of aliphatic hydroxyl groups is 1. The Hall–Kier alpha value is -2.13. The molecule has 126 valence electrons. The van der Waals surface area contributed by atoms with Crippen molar-refractivity contribution in [3.63, 3.8) is 0 Å². The summed E-state index contributed by atoms with van der Waals surface area (Å²) in [6.45, 7) is 13.0. The molecule has 0 atom stereocenters. The highest BCUT2D eigenvalue weighted by Crippen LogP contribution is 2.29. The molecule has 1 aromatic heterocycles. The lowest BCUT2D eigenvalue weighted by Gasteiger charge is -2.22. The number of benzene rings is 2. The van der Waals surface area contributed by atoms with Crippen LogP contribution in [0.5, 0.6) is 0 Å². The largest absolute Gasteiger partial charge is 0.383 e. The number of aromatic nitrogens is 2. The van der Waals surface area contributed by atoms with Crippen LogP contribution in [0.4, 0.5) is 0 Å². The smallest absolute Gasteiger partial charge is 0.141 e. The van der Waals surface area contributed by atoms with Gasteiger partial charge in [-0.15, -0.1) is 0 Å². The van der Waals surface area contributed by atoms with E-state index in [0.29, 0.717) is 5.82 Å². The zero-order valence-corrected chi connectivity index (χ0v) is 15.4. The lowest BCUT2D eigenvalue weighted by molar-refractivity contribution is 0.0657. The molecule has 0 aliphatic carbocycles. The van der Waals surface area contributed by atoms with Gasteiger partial charge in [-0.2, -0.15) is 0 Å². The second-order valence-corrected chi connectivity index (χ2v) is 7.31. The summed E-state index contributed by atoms with van der Waals surface area (Å²) in [5.74, 6) is 0.710. The summed E-state index contributed by atoms with van der Waals surface area (Å²) >= 11 is 0. The normalized spacial score (nSPS) is 12.1. The van der Waals surface area contributed by atoms with Crippen LogP contribution in [0, 0.1) is 27.7 Å². The van der Waals surface area contributed by atoms with E-state index in [4.69, 9.17) is 4.98 Å². The van der Waals surface area contributed by atoms with Crippen molar-refractivity contribution in [2.45, 2.75) is 53.7 Å². The fourth-order valence-electron chi connectivity index (χ4n) is 3.40. The highest BCUT2D eigenvalue weighted by molar-refractivity contribution is 5.76. The highest BCUT2D eigenvalue weighted by atomic mass is 16.3. The van der Waals surface area contributed by atoms with E-state index in [9.17, 15) is 5.11 Å². The number of imidazole rings is 1. The first-order chi connectivity index (χ1) is 11.2. The Labute approximate surface area is 144 Å². The predicted molar refractivity (Wildman–Crippen MR) is 99.5 cm³/mol. The molecule has 1 N–H and O–H groups in total. The summed E-state index contributed by atoms with van der Waals surface area (Å²) in [7, 11) is 0. The van der Waals surface area contributed by atoms with Gasteiger partial charge >= 0.3 is 0 Å². The predicted octanol–water partition coefficient (Wildman–Crippen LogP) is 4.55. The van der Waals surface area contributed by atoms with Crippen molar-refractivity contribution in [3.05, 3.63) is 64.0 Å². The van der Waals surface area contributed by atoms with Crippen LogP contribution in [0.25, 0.3) is 11.0 Å². The summed E-state index contributed by atoms with van der Waals surface area (Å²) in [6.07, 6.45) is 0. The molecular weight excluding hydrogens is 296 g/mol. The maximum Gasteiger partial charge on any atom is 0.141 e. The molecule has 0 fully saturated rings. The van der Waals surface area contributed by atoms with Gasteiger partial charge in [0.05, 0.1) is 11.0 Å². The van der Waals surface area contributed by atoms with Crippen molar-refractivity contribution in [2.75, 3.05) is 0 Å². The van der Waals surface area contributed by atoms with Crippen molar-refractivity contribution < 1.29 is 5.11 Å². The molecule has 0 saturated heterocycles. The van der Waals surface area contributed by atoms with Gasteiger partial charge in [-0.1, -0.05) is 18.2 Å². The zero-order chi connectivity index (χ0) is 17.6. The molecule has 0 aliphatic rings. The van der Waals surface area contributed by atoms with E-state index in [1.807, 2.05) is 18.2 Å². The van der Waals surface area contributed by atoms with Gasteiger partial charge in [-0.05, 0) is 81.5 Å². The minimum atomic E-state index is -0.986. The first kappa shape index (κ1) is 16.7. The molecule has 3 rings (SSSR count). The van der Waals surface area contributed by atoms with Crippen LogP contribution in [-0.4, -0.2) is 14.7 Å². The van der Waals surface area contributed by atoms with Crippen LogP contribution in [0.3, 0.4) is 0 Å². The summed E-state index contributed by atoms with van der Waals surface area (Å²) in [5.41, 5.74) is 7.57. The van der Waals surface area contributed by atoms with Gasteiger partial charge in [0, 0.05) is 6.54 Å². The Bertz CT molecular complexity index is 887. The van der Waals surface area contributed by atoms with Gasteiger partial charge < -0.3 is 9.67 Å². The van der Waals surface area contributed by atoms with Crippen LogP contribution in [0.2, 0.25) is 0 Å². The second kappa shape index (κ2) is 5.75. The number of fused-ring (bicyclic) bond motifs is 1. The van der Waals surface area contributed by atoms with Crippen LogP contribution in [0.15, 0.2) is 30.3 Å². The minimum absolute atomic E-state index is 0.710. The number of rotatable bonds is 3. The first-order valence-corrected chi connectivity index (χ1v) is 8.44. The van der Waals surface area contributed by atoms with Gasteiger partial charge in [-0.25, -0.2) is 4.98 Å². The molecule has 2 aromatic carbocycles. The third-order valence-corrected chi connectivity index (χ3v) is 5.04. The van der Waals surface area contributed by atoms with Crippen molar-refractivity contribution in [1.29, 1.82) is 0 Å². The van der Waals surface area contributed by atoms with Crippen molar-refractivity contribution >= 4 is 11.0 Å². The lowest BCUT2D eigenvalue weighted by Crippen LogP contribution is -2.23. The van der Waals surface area contributed by atoms with Gasteiger partial charge in [0.2, 0.25) is 0 Å². The molecule has 0 spiro atoms. The Morgan fingerprint density at radius 3 is 2.17 bits per heavy atom. The number of aryl methyl sites for hydroxylation is 2. The van der Waals surface area contributed by atoms with E-state index in [1.54, 1.807) is 13.8 Å². The van der Waals surface area contributed by atoms with Crippen LogP contribution >= 0.6 is 0 Å². The summed E-state index contributed by atoms with van der Waals surface area (Å²) < 4.78 is 2.16. The van der Waals surface area contributed by atoms with Crippen LogP contribution in [0.1, 0.15) is 47.5 Å². The Balaban J connectivity index is 2.25. The van der Waals surface area contributed by atoms with E-state index in [1.165, 1.54) is 27.8 Å². The fraction of sp³-hybridized carbons (Fsp3) is 0.381. The number of hydrogen-bond acceptors (Lipinski definition) is 2. The first-order valence-electron chi connectivity index (χ1n) is 8.44. The molecule has 0 saturated carbocycles. The van der Waals surface area contributed by atoms with E-state index >= 15 is 0 Å². The Kier molecular flexibility index (Phi) is 4.00. The van der Waals surface area contributed by atoms with Gasteiger partial charge in [0.15, 0.2) is 0 Å². The van der Waals surface area contributed by atoms with E-state index < -0.39 is 5.60 Å². The molecule has 0 radical (unpaired) electrons. The SMILES string of the molecule is Cc1cc(C)c(C)c(Cn2c(C(C)(C)O)nc3ccccc32)c1C. The number of hydrogen-bond donors (Lipinski definition) is 1. The van der Waals surface area contributed by atoms with Crippen LogP contribution < -0.4 is 0 Å². The molecule has 0 bridgehead atoms. The van der Waals surface area contributed by atoms with Crippen molar-refractivity contribution in [3.8, 4) is 0 Å². The molecule has 3 aromatic rings. The third kappa shape index (κ3) is 2.73. The minimum Gasteiger partial charge on any atom is -0.383 e. The Morgan fingerprint density at radius 2 is 1.58 bits per heavy atom. The molecular formula is C21H26N2O. The fourth-order valence-corrected chi connectivity index (χ4v) is 3.40. The van der Waals surface area contributed by atoms with Gasteiger partial charge in [-0.3, -0.25) is 0 Å². The average molecular weight is 322 g/mol. The average Bonchev–Trinajstić information content (AvgIpc) is 2.88. The van der Waals surface area contributed by atoms with Crippen molar-refractivity contribution in [2.24, 2.45) is 0 Å². The number of para-hydroxylation sites is 2. The van der Waals surface area contributed by atoms with Gasteiger partial charge in [0.1, 0.15) is 11.4 Å². The molecule has 24 heavy (non-hydrogen) atoms. The molecule has 0 aliphatic heterocycles. The lowest BCUT2D eigenvalue weighted by atomic mass is 9.94. The highest BCUT2D eigenvalue weighted by Gasteiger charge is 2.25. The van der Waals surface area contributed by atoms with E-state index in [0.717, 1.165) is 17.6 Å². The molecule has 3 heteroatoms. The van der Waals surface area contributed by atoms with Crippen LogP contribution in [-0.2, 0) is 12.1 Å². The zero-order valence-electron chi connectivity index (χ0n) is 15.4. The second-order valence-electron chi connectivity index (χ2n) is 7.31. The topological polar surface area (TPSA) is 38.0 Å². The standard InChI is InChI=1S/C21H26N2O/c1-13-11-14(2)16(4)17(15(13)3)12-23-19-10-8-7-9-18(19)22-20(23)21(5,6)24/h7-11,24H,12H2,1-6H3. The molecule has 1 heterocycles. The summed E-state index contributed by atoms with van der Waals surface area (Å²) in [6, 6.07) is 10.3. The molecule has 0 unspecified atom stereocenters.